The molecule has 2 spiro atoms. The molecule has 0 aromatic carbocycles. The highest BCUT2D eigenvalue weighted by atomic mass is 15.1. The van der Waals surface area contributed by atoms with Crippen LogP contribution < -0.4 is 0 Å². The number of fused-ring (bicyclic) bond motifs is 7. The van der Waals surface area contributed by atoms with Gasteiger partial charge in [0.05, 0.1) is 0 Å². The van der Waals surface area contributed by atoms with Crippen molar-refractivity contribution >= 4 is 0 Å². The first-order valence-corrected chi connectivity index (χ1v) is 19.2. The first-order chi connectivity index (χ1) is 19.2. The minimum absolute atomic E-state index is 0.549. The van der Waals surface area contributed by atoms with Gasteiger partial charge in [0.25, 0.3) is 0 Å². The highest BCUT2D eigenvalue weighted by Gasteiger charge is 3.03. The molecule has 4 bridgehead atoms. The quantitative estimate of drug-likeness (QED) is 0.300. The SMILES string of the molecule is CC(C)C1CC2CCCC3CC3C(C)C(C)C(C)C(C)C3CC4C5C4C46C(C(C)(C)C14C2)C6(C)CC5(C)C1C(C)C31. The average Bonchev–Trinajstić information content (AvgIpc) is 3.81. The van der Waals surface area contributed by atoms with Crippen LogP contribution in [0.3, 0.4) is 0 Å². The van der Waals surface area contributed by atoms with E-state index in [1.165, 1.54) is 6.42 Å². The van der Waals surface area contributed by atoms with Crippen LogP contribution in [0.5, 0.6) is 0 Å². The fourth-order valence-corrected chi connectivity index (χ4v) is 18.5. The molecule has 9 rings (SSSR count). The van der Waals surface area contributed by atoms with Gasteiger partial charge < -0.3 is 0 Å². The molecule has 0 aliphatic heterocycles. The van der Waals surface area contributed by atoms with Crippen molar-refractivity contribution in [1.82, 2.24) is 0 Å². The standard InChI is InChI=1S/C41H66/c1-20(2)31-15-26-13-12-14-27-16-28(27)23(5)21(3)22(4)24(6)29-17-30-34-35(30)41-36(37(8,9)40(31,41)18-26)39(41,11)19-38(34,10)33-25(7)32(29)33/h20-36H,12-19H2,1-11H3. The lowest BCUT2D eigenvalue weighted by molar-refractivity contribution is -0.192. The van der Waals surface area contributed by atoms with E-state index in [0.29, 0.717) is 27.1 Å². The summed E-state index contributed by atoms with van der Waals surface area (Å²) >= 11 is 0. The highest BCUT2D eigenvalue weighted by molar-refractivity contribution is 5.50. The molecular formula is C41H66. The molecule has 0 heteroatoms. The Hall–Kier alpha value is 0. The average molecular weight is 559 g/mol. The zero-order valence-electron chi connectivity index (χ0n) is 29.0. The Bertz CT molecular complexity index is 1150. The minimum atomic E-state index is 0.549. The summed E-state index contributed by atoms with van der Waals surface area (Å²) in [4.78, 5) is 0. The topological polar surface area (TPSA) is 0 Å². The molecule has 9 saturated carbocycles. The van der Waals surface area contributed by atoms with Gasteiger partial charge in [-0.05, 0) is 160 Å². The maximum atomic E-state index is 2.90. The van der Waals surface area contributed by atoms with Crippen LogP contribution >= 0.6 is 0 Å². The predicted octanol–water partition coefficient (Wildman–Crippen LogP) is 10.9. The predicted molar refractivity (Wildman–Crippen MR) is 171 cm³/mol. The zero-order chi connectivity index (χ0) is 29.0. The van der Waals surface area contributed by atoms with Crippen LogP contribution in [0.25, 0.3) is 0 Å². The van der Waals surface area contributed by atoms with E-state index in [0.717, 1.165) is 101 Å². The molecule has 0 heterocycles. The van der Waals surface area contributed by atoms with Crippen LogP contribution in [0.15, 0.2) is 0 Å². The monoisotopic (exact) mass is 559 g/mol. The van der Waals surface area contributed by atoms with Gasteiger partial charge in [0.15, 0.2) is 0 Å². The van der Waals surface area contributed by atoms with E-state index < -0.39 is 0 Å². The molecule has 0 nitrogen and oxygen atoms in total. The van der Waals surface area contributed by atoms with Crippen molar-refractivity contribution in [3.63, 3.8) is 0 Å². The molecule has 20 unspecified atom stereocenters. The Balaban J connectivity index is 1.17. The smallest absolute Gasteiger partial charge is 0.0103 e. The maximum Gasteiger partial charge on any atom is -0.0103 e. The molecule has 0 radical (unpaired) electrons. The van der Waals surface area contributed by atoms with Crippen LogP contribution in [-0.2, 0) is 0 Å². The zero-order valence-corrected chi connectivity index (χ0v) is 29.0. The van der Waals surface area contributed by atoms with Gasteiger partial charge in [0, 0.05) is 0 Å². The van der Waals surface area contributed by atoms with E-state index in [4.69, 9.17) is 0 Å². The van der Waals surface area contributed by atoms with Gasteiger partial charge in [-0.3, -0.25) is 0 Å². The molecule has 41 heavy (non-hydrogen) atoms. The molecule has 9 fully saturated rings. The van der Waals surface area contributed by atoms with Crippen molar-refractivity contribution < 1.29 is 0 Å². The molecule has 0 aromatic rings. The van der Waals surface area contributed by atoms with E-state index in [-0.39, 0.29) is 0 Å². The van der Waals surface area contributed by atoms with E-state index in [1.807, 2.05) is 0 Å². The van der Waals surface area contributed by atoms with Gasteiger partial charge >= 0.3 is 0 Å². The largest absolute Gasteiger partial charge is 0.0625 e. The molecule has 0 N–H and O–H groups in total. The lowest BCUT2D eigenvalue weighted by Gasteiger charge is -2.66. The van der Waals surface area contributed by atoms with Gasteiger partial charge in [-0.15, -0.1) is 0 Å². The molecule has 9 aliphatic carbocycles. The van der Waals surface area contributed by atoms with E-state index in [1.54, 1.807) is 44.9 Å². The maximum absolute atomic E-state index is 2.90. The third-order valence-electron chi connectivity index (χ3n) is 19.7. The normalized spacial score (nSPS) is 69.4. The summed E-state index contributed by atoms with van der Waals surface area (Å²) in [5.41, 5.74) is 3.17. The highest BCUT2D eigenvalue weighted by Crippen LogP contribution is 3.07. The summed E-state index contributed by atoms with van der Waals surface area (Å²) in [7, 11) is 0. The Morgan fingerprint density at radius 2 is 1.34 bits per heavy atom. The second-order valence-corrected chi connectivity index (χ2v) is 20.9. The minimum Gasteiger partial charge on any atom is -0.0625 e. The lowest BCUT2D eigenvalue weighted by Crippen LogP contribution is -2.62. The third kappa shape index (κ3) is 2.71. The second kappa shape index (κ2) is 7.68. The van der Waals surface area contributed by atoms with E-state index in [9.17, 15) is 0 Å². The number of hydrogen-bond acceptors (Lipinski definition) is 0. The summed E-state index contributed by atoms with van der Waals surface area (Å²) in [6, 6.07) is 0. The van der Waals surface area contributed by atoms with Gasteiger partial charge in [-0.25, -0.2) is 0 Å². The Kier molecular flexibility index (Phi) is 5.12. The molecule has 9 aliphatic rings. The van der Waals surface area contributed by atoms with Crippen molar-refractivity contribution in [1.29, 1.82) is 0 Å². The molecule has 0 aromatic heterocycles. The third-order valence-corrected chi connectivity index (χ3v) is 19.7. The van der Waals surface area contributed by atoms with Crippen LogP contribution in [0.2, 0.25) is 0 Å². The van der Waals surface area contributed by atoms with E-state index in [2.05, 4.69) is 76.2 Å². The Morgan fingerprint density at radius 3 is 2.02 bits per heavy atom. The van der Waals surface area contributed by atoms with Crippen LogP contribution in [-0.4, -0.2) is 0 Å². The van der Waals surface area contributed by atoms with Gasteiger partial charge in [-0.2, -0.15) is 0 Å². The number of rotatable bonds is 1. The Labute approximate surface area is 254 Å². The lowest BCUT2D eigenvalue weighted by atomic mass is 9.38. The summed E-state index contributed by atoms with van der Waals surface area (Å²) in [6.45, 7) is 30.2. The van der Waals surface area contributed by atoms with Gasteiger partial charge in [-0.1, -0.05) is 95.4 Å². The first-order valence-electron chi connectivity index (χ1n) is 19.2. The van der Waals surface area contributed by atoms with Gasteiger partial charge in [0.1, 0.15) is 0 Å². The van der Waals surface area contributed by atoms with Crippen LogP contribution in [0.4, 0.5) is 0 Å². The molecule has 20 atom stereocenters. The molecule has 0 saturated heterocycles. The summed E-state index contributed by atoms with van der Waals surface area (Å²) in [6.07, 6.45) is 12.6. The molecule has 0 amide bonds. The molecular weight excluding hydrogens is 492 g/mol. The molecule has 230 valence electrons. The summed E-state index contributed by atoms with van der Waals surface area (Å²) in [5, 5.41) is 0. The summed E-state index contributed by atoms with van der Waals surface area (Å²) in [5.74, 6) is 16.9. The van der Waals surface area contributed by atoms with Gasteiger partial charge in [0.2, 0.25) is 0 Å². The van der Waals surface area contributed by atoms with Crippen molar-refractivity contribution in [2.45, 2.75) is 128 Å². The van der Waals surface area contributed by atoms with Crippen molar-refractivity contribution in [3.05, 3.63) is 0 Å². The Morgan fingerprint density at radius 1 is 0.659 bits per heavy atom. The number of hydrogen-bond donors (Lipinski definition) is 0. The van der Waals surface area contributed by atoms with Crippen LogP contribution in [0, 0.1) is 128 Å². The fraction of sp³-hybridized carbons (Fsp3) is 1.00. The summed E-state index contributed by atoms with van der Waals surface area (Å²) < 4.78 is 0. The van der Waals surface area contributed by atoms with Crippen molar-refractivity contribution in [2.24, 2.45) is 128 Å². The second-order valence-electron chi connectivity index (χ2n) is 20.9. The fourth-order valence-electron chi connectivity index (χ4n) is 18.5. The first kappa shape index (κ1) is 27.3. The van der Waals surface area contributed by atoms with E-state index >= 15 is 0 Å². The van der Waals surface area contributed by atoms with Crippen LogP contribution in [0.1, 0.15) is 128 Å². The van der Waals surface area contributed by atoms with Crippen molar-refractivity contribution in [2.75, 3.05) is 0 Å². The van der Waals surface area contributed by atoms with Crippen molar-refractivity contribution in [3.8, 4) is 0 Å².